The van der Waals surface area contributed by atoms with Gasteiger partial charge in [-0.2, -0.15) is 0 Å². The molecule has 0 spiro atoms. The predicted octanol–water partition coefficient (Wildman–Crippen LogP) is 1.69. The first-order valence-electron chi connectivity index (χ1n) is 8.44. The molecule has 2 saturated heterocycles. The lowest BCUT2D eigenvalue weighted by molar-refractivity contribution is 0.0653. The second-order valence-electron chi connectivity index (χ2n) is 6.58. The molecule has 6 heteroatoms. The Morgan fingerprint density at radius 3 is 2.22 bits per heavy atom. The van der Waals surface area contributed by atoms with E-state index in [4.69, 9.17) is 4.74 Å². The Hall–Kier alpha value is -1.11. The molecule has 0 aliphatic carbocycles. The summed E-state index contributed by atoms with van der Waals surface area (Å²) in [6.45, 7) is 4.45. The predicted molar refractivity (Wildman–Crippen MR) is 90.7 cm³/mol. The fourth-order valence-electron chi connectivity index (χ4n) is 3.49. The number of piperidine rings is 2. The molecule has 0 aromatic heterocycles. The minimum absolute atomic E-state index is 0.233. The van der Waals surface area contributed by atoms with Gasteiger partial charge in [0.05, 0.1) is 4.90 Å². The monoisotopic (exact) mass is 338 g/mol. The molecule has 0 radical (unpaired) electrons. The Morgan fingerprint density at radius 2 is 1.65 bits per heavy atom. The Morgan fingerprint density at radius 1 is 1.04 bits per heavy atom. The Bertz CT molecular complexity index is 601. The number of hydrogen-bond acceptors (Lipinski definition) is 5. The first kappa shape index (κ1) is 16.7. The second kappa shape index (κ2) is 7.20. The van der Waals surface area contributed by atoms with Gasteiger partial charge in [0.15, 0.2) is 9.84 Å². The molecule has 0 atom stereocenters. The van der Waals surface area contributed by atoms with Crippen LogP contribution in [0.5, 0.6) is 5.75 Å². The molecule has 1 N–H and O–H groups in total. The lowest BCUT2D eigenvalue weighted by atomic mass is 10.00. The van der Waals surface area contributed by atoms with Crippen molar-refractivity contribution in [2.45, 2.75) is 42.7 Å². The number of likely N-dealkylation sites (tertiary alicyclic amines) is 1. The number of sulfone groups is 1. The average molecular weight is 338 g/mol. The van der Waals surface area contributed by atoms with Gasteiger partial charge in [0.2, 0.25) is 0 Å². The van der Waals surface area contributed by atoms with Crippen molar-refractivity contribution in [3.8, 4) is 5.75 Å². The lowest BCUT2D eigenvalue weighted by Gasteiger charge is -2.39. The van der Waals surface area contributed by atoms with Crippen LogP contribution >= 0.6 is 0 Å². The largest absolute Gasteiger partial charge is 0.490 e. The highest BCUT2D eigenvalue weighted by Crippen LogP contribution is 2.23. The van der Waals surface area contributed by atoms with Crippen molar-refractivity contribution in [1.29, 1.82) is 0 Å². The zero-order chi connectivity index (χ0) is 16.3. The van der Waals surface area contributed by atoms with Gasteiger partial charge in [-0.25, -0.2) is 8.42 Å². The van der Waals surface area contributed by atoms with Crippen LogP contribution in [0, 0.1) is 0 Å². The SMILES string of the molecule is CS(=O)(=O)c1ccc(OC2CCN(C3CCNCC3)CC2)cc1. The van der Waals surface area contributed by atoms with E-state index in [1.165, 1.54) is 19.1 Å². The van der Waals surface area contributed by atoms with Gasteiger partial charge < -0.3 is 15.0 Å². The van der Waals surface area contributed by atoms with Gasteiger partial charge in [0, 0.05) is 25.4 Å². The summed E-state index contributed by atoms with van der Waals surface area (Å²) in [6, 6.07) is 7.49. The minimum atomic E-state index is -3.14. The van der Waals surface area contributed by atoms with E-state index < -0.39 is 9.84 Å². The van der Waals surface area contributed by atoms with E-state index in [9.17, 15) is 8.42 Å². The summed E-state index contributed by atoms with van der Waals surface area (Å²) in [7, 11) is -3.14. The van der Waals surface area contributed by atoms with E-state index in [1.807, 2.05) is 0 Å². The molecule has 2 aliphatic rings. The molecule has 5 nitrogen and oxygen atoms in total. The zero-order valence-electron chi connectivity index (χ0n) is 13.7. The van der Waals surface area contributed by atoms with Gasteiger partial charge in [0.1, 0.15) is 11.9 Å². The molecule has 3 rings (SSSR count). The second-order valence-corrected chi connectivity index (χ2v) is 8.59. The molecule has 0 saturated carbocycles. The molecule has 0 bridgehead atoms. The summed E-state index contributed by atoms with van der Waals surface area (Å²) in [5.41, 5.74) is 0. The number of ether oxygens (including phenoxy) is 1. The highest BCUT2D eigenvalue weighted by Gasteiger charge is 2.26. The Labute approximate surface area is 138 Å². The summed E-state index contributed by atoms with van der Waals surface area (Å²) >= 11 is 0. The topological polar surface area (TPSA) is 58.6 Å². The maximum absolute atomic E-state index is 11.5. The summed E-state index contributed by atoms with van der Waals surface area (Å²) in [5, 5.41) is 3.42. The van der Waals surface area contributed by atoms with E-state index >= 15 is 0 Å². The maximum Gasteiger partial charge on any atom is 0.175 e. The normalized spacial score (nSPS) is 22.1. The Balaban J connectivity index is 1.50. The van der Waals surface area contributed by atoms with E-state index in [-0.39, 0.29) is 6.10 Å². The fourth-order valence-corrected chi connectivity index (χ4v) is 4.12. The number of rotatable bonds is 4. The van der Waals surface area contributed by atoms with Crippen molar-refractivity contribution in [1.82, 2.24) is 10.2 Å². The van der Waals surface area contributed by atoms with Crippen molar-refractivity contribution in [3.63, 3.8) is 0 Å². The van der Waals surface area contributed by atoms with Crippen LogP contribution in [0.2, 0.25) is 0 Å². The van der Waals surface area contributed by atoms with E-state index in [0.29, 0.717) is 4.90 Å². The fraction of sp³-hybridized carbons (Fsp3) is 0.647. The third kappa shape index (κ3) is 4.46. The van der Waals surface area contributed by atoms with Crippen molar-refractivity contribution >= 4 is 9.84 Å². The smallest absolute Gasteiger partial charge is 0.175 e. The van der Waals surface area contributed by atoms with Gasteiger partial charge in [0.25, 0.3) is 0 Å². The maximum atomic E-state index is 11.5. The average Bonchev–Trinajstić information content (AvgIpc) is 2.56. The molecular weight excluding hydrogens is 312 g/mol. The molecule has 1 aromatic carbocycles. The van der Waals surface area contributed by atoms with Crippen LogP contribution in [-0.2, 0) is 9.84 Å². The van der Waals surface area contributed by atoms with Crippen LogP contribution in [0.4, 0.5) is 0 Å². The van der Waals surface area contributed by atoms with E-state index in [1.54, 1.807) is 24.3 Å². The van der Waals surface area contributed by atoms with Crippen molar-refractivity contribution in [2.24, 2.45) is 0 Å². The van der Waals surface area contributed by atoms with Gasteiger partial charge in [-0.05, 0) is 63.0 Å². The molecule has 128 valence electrons. The molecule has 2 heterocycles. The first-order chi connectivity index (χ1) is 11.0. The van der Waals surface area contributed by atoms with E-state index in [0.717, 1.165) is 50.8 Å². The van der Waals surface area contributed by atoms with Crippen LogP contribution in [0.3, 0.4) is 0 Å². The van der Waals surface area contributed by atoms with Gasteiger partial charge in [-0.15, -0.1) is 0 Å². The van der Waals surface area contributed by atoms with E-state index in [2.05, 4.69) is 10.2 Å². The minimum Gasteiger partial charge on any atom is -0.490 e. The van der Waals surface area contributed by atoms with Crippen LogP contribution in [-0.4, -0.2) is 57.9 Å². The van der Waals surface area contributed by atoms with Crippen molar-refractivity contribution in [2.75, 3.05) is 32.4 Å². The standard InChI is InChI=1S/C17H26N2O3S/c1-23(20,21)17-4-2-15(3-5-17)22-16-8-12-19(13-9-16)14-6-10-18-11-7-14/h2-5,14,16,18H,6-13H2,1H3. The number of nitrogens with one attached hydrogen (secondary N) is 1. The molecule has 2 aliphatic heterocycles. The molecule has 0 unspecified atom stereocenters. The summed E-state index contributed by atoms with van der Waals surface area (Å²) in [5.74, 6) is 0.762. The molecule has 0 amide bonds. The summed E-state index contributed by atoms with van der Waals surface area (Å²) in [6.07, 6.45) is 6.03. The van der Waals surface area contributed by atoms with Crippen LogP contribution in [0.1, 0.15) is 25.7 Å². The molecule has 23 heavy (non-hydrogen) atoms. The zero-order valence-corrected chi connectivity index (χ0v) is 14.5. The quantitative estimate of drug-likeness (QED) is 0.905. The molecule has 2 fully saturated rings. The molecular formula is C17H26N2O3S. The first-order valence-corrected chi connectivity index (χ1v) is 10.3. The van der Waals surface area contributed by atoms with Gasteiger partial charge >= 0.3 is 0 Å². The highest BCUT2D eigenvalue weighted by molar-refractivity contribution is 7.90. The van der Waals surface area contributed by atoms with Crippen molar-refractivity contribution < 1.29 is 13.2 Å². The van der Waals surface area contributed by atoms with Crippen LogP contribution < -0.4 is 10.1 Å². The summed E-state index contributed by atoms with van der Waals surface area (Å²) in [4.78, 5) is 2.94. The number of nitrogens with zero attached hydrogens (tertiary/aromatic N) is 1. The lowest BCUT2D eigenvalue weighted by Crippen LogP contribution is -2.48. The molecule has 1 aromatic rings. The number of benzene rings is 1. The highest BCUT2D eigenvalue weighted by atomic mass is 32.2. The third-order valence-corrected chi connectivity index (χ3v) is 5.98. The van der Waals surface area contributed by atoms with Crippen LogP contribution in [0.15, 0.2) is 29.2 Å². The Kier molecular flexibility index (Phi) is 5.24. The van der Waals surface area contributed by atoms with Gasteiger partial charge in [-0.3, -0.25) is 0 Å². The third-order valence-electron chi connectivity index (χ3n) is 4.86. The van der Waals surface area contributed by atoms with Crippen LogP contribution in [0.25, 0.3) is 0 Å². The van der Waals surface area contributed by atoms with Gasteiger partial charge in [-0.1, -0.05) is 0 Å². The number of hydrogen-bond donors (Lipinski definition) is 1. The summed E-state index contributed by atoms with van der Waals surface area (Å²) < 4.78 is 29.0. The van der Waals surface area contributed by atoms with Crippen molar-refractivity contribution in [3.05, 3.63) is 24.3 Å².